The maximum Gasteiger partial charge on any atom is 0.258 e. The zero-order valence-corrected chi connectivity index (χ0v) is 14.2. The van der Waals surface area contributed by atoms with E-state index in [1.54, 1.807) is 10.7 Å². The van der Waals surface area contributed by atoms with Crippen molar-refractivity contribution in [3.63, 3.8) is 0 Å². The zero-order valence-electron chi connectivity index (χ0n) is 13.4. The quantitative estimate of drug-likeness (QED) is 0.569. The number of benzene rings is 2. The van der Waals surface area contributed by atoms with Crippen molar-refractivity contribution in [2.75, 3.05) is 0 Å². The Hall–Kier alpha value is -3.00. The van der Waals surface area contributed by atoms with Gasteiger partial charge in [0.15, 0.2) is 0 Å². The van der Waals surface area contributed by atoms with Crippen LogP contribution in [0.15, 0.2) is 58.5 Å². The van der Waals surface area contributed by atoms with E-state index in [0.717, 1.165) is 16.8 Å². The van der Waals surface area contributed by atoms with Crippen LogP contribution in [-0.2, 0) is 5.75 Å². The van der Waals surface area contributed by atoms with Gasteiger partial charge in [-0.15, -0.1) is 5.10 Å². The third kappa shape index (κ3) is 3.03. The van der Waals surface area contributed by atoms with Crippen LogP contribution in [0.2, 0.25) is 0 Å². The largest absolute Gasteiger partial charge is 0.309 e. The van der Waals surface area contributed by atoms with E-state index in [1.165, 1.54) is 11.8 Å². The van der Waals surface area contributed by atoms with E-state index in [2.05, 4.69) is 25.5 Å². The van der Waals surface area contributed by atoms with E-state index < -0.39 is 0 Å². The average molecular weight is 350 g/mol. The number of hydrogen-bond donors (Lipinski definition) is 1. The molecule has 25 heavy (non-hydrogen) atoms. The SMILES string of the molecule is Cc1cccc2c(=O)[nH]c(CSc3nnnn3-c3ccccc3)nc12. The lowest BCUT2D eigenvalue weighted by Crippen LogP contribution is -2.12. The highest BCUT2D eigenvalue weighted by atomic mass is 32.2. The Balaban J connectivity index is 1.63. The smallest absolute Gasteiger partial charge is 0.258 e. The second kappa shape index (κ2) is 6.48. The molecule has 0 bridgehead atoms. The molecule has 0 unspecified atom stereocenters. The molecule has 0 amide bonds. The zero-order chi connectivity index (χ0) is 17.2. The molecule has 0 saturated carbocycles. The second-order valence-corrected chi connectivity index (χ2v) is 6.42. The number of tetrazole rings is 1. The summed E-state index contributed by atoms with van der Waals surface area (Å²) < 4.78 is 1.66. The predicted octanol–water partition coefficient (Wildman–Crippen LogP) is 2.50. The molecule has 2 heterocycles. The number of para-hydroxylation sites is 2. The number of rotatable bonds is 4. The highest BCUT2D eigenvalue weighted by molar-refractivity contribution is 7.98. The van der Waals surface area contributed by atoms with Crippen LogP contribution in [0.3, 0.4) is 0 Å². The van der Waals surface area contributed by atoms with Crippen LogP contribution < -0.4 is 5.56 Å². The van der Waals surface area contributed by atoms with Gasteiger partial charge in [-0.25, -0.2) is 4.98 Å². The number of hydrogen-bond acceptors (Lipinski definition) is 6. The third-order valence-electron chi connectivity index (χ3n) is 3.77. The fraction of sp³-hybridized carbons (Fsp3) is 0.118. The molecule has 124 valence electrons. The highest BCUT2D eigenvalue weighted by Crippen LogP contribution is 2.21. The van der Waals surface area contributed by atoms with Gasteiger partial charge in [0.1, 0.15) is 5.82 Å². The summed E-state index contributed by atoms with van der Waals surface area (Å²) in [6.07, 6.45) is 0. The summed E-state index contributed by atoms with van der Waals surface area (Å²) in [6.45, 7) is 1.95. The minimum Gasteiger partial charge on any atom is -0.309 e. The molecule has 0 aliphatic rings. The van der Waals surface area contributed by atoms with Gasteiger partial charge in [0.2, 0.25) is 5.16 Å². The number of fused-ring (bicyclic) bond motifs is 1. The van der Waals surface area contributed by atoms with Gasteiger partial charge in [-0.2, -0.15) is 4.68 Å². The van der Waals surface area contributed by atoms with E-state index in [1.807, 2.05) is 49.4 Å². The molecule has 2 aromatic heterocycles. The fourth-order valence-corrected chi connectivity index (χ4v) is 3.31. The maximum atomic E-state index is 12.3. The van der Waals surface area contributed by atoms with Crippen LogP contribution in [0, 0.1) is 6.92 Å². The molecular weight excluding hydrogens is 336 g/mol. The van der Waals surface area contributed by atoms with Gasteiger partial charge in [-0.1, -0.05) is 42.1 Å². The molecule has 1 N–H and O–H groups in total. The number of thioether (sulfide) groups is 1. The second-order valence-electron chi connectivity index (χ2n) is 5.48. The Morgan fingerprint density at radius 3 is 2.80 bits per heavy atom. The lowest BCUT2D eigenvalue weighted by atomic mass is 10.1. The van der Waals surface area contributed by atoms with Crippen LogP contribution in [0.25, 0.3) is 16.6 Å². The molecule has 0 aliphatic carbocycles. The van der Waals surface area contributed by atoms with Gasteiger partial charge in [0, 0.05) is 0 Å². The van der Waals surface area contributed by atoms with Gasteiger partial charge in [0.05, 0.1) is 22.3 Å². The number of nitrogens with zero attached hydrogens (tertiary/aromatic N) is 5. The van der Waals surface area contributed by atoms with E-state index in [9.17, 15) is 4.79 Å². The van der Waals surface area contributed by atoms with Crippen molar-refractivity contribution in [1.82, 2.24) is 30.2 Å². The lowest BCUT2D eigenvalue weighted by molar-refractivity contribution is 0.756. The van der Waals surface area contributed by atoms with Crippen molar-refractivity contribution in [3.05, 3.63) is 70.3 Å². The van der Waals surface area contributed by atoms with Gasteiger partial charge in [-0.3, -0.25) is 4.79 Å². The van der Waals surface area contributed by atoms with Crippen LogP contribution in [-0.4, -0.2) is 30.2 Å². The first-order valence-electron chi connectivity index (χ1n) is 7.67. The third-order valence-corrected chi connectivity index (χ3v) is 4.70. The lowest BCUT2D eigenvalue weighted by Gasteiger charge is -2.05. The first-order chi connectivity index (χ1) is 12.2. The standard InChI is InChI=1S/C17H14N6OS/c1-11-6-5-9-13-15(11)18-14(19-16(13)24)10-25-17-20-21-22-23(17)12-7-3-2-4-8-12/h2-9H,10H2,1H3,(H,18,19,24). The monoisotopic (exact) mass is 350 g/mol. The van der Waals surface area contributed by atoms with Gasteiger partial charge >= 0.3 is 0 Å². The maximum absolute atomic E-state index is 12.3. The summed E-state index contributed by atoms with van der Waals surface area (Å²) in [6, 6.07) is 15.2. The Labute approximate surface area is 147 Å². The Bertz CT molecular complexity index is 1090. The van der Waals surface area contributed by atoms with Crippen molar-refractivity contribution in [3.8, 4) is 5.69 Å². The van der Waals surface area contributed by atoms with E-state index >= 15 is 0 Å². The topological polar surface area (TPSA) is 89.4 Å². The Morgan fingerprint density at radius 1 is 1.12 bits per heavy atom. The molecule has 0 radical (unpaired) electrons. The van der Waals surface area contributed by atoms with Crippen molar-refractivity contribution < 1.29 is 0 Å². The molecule has 4 rings (SSSR count). The molecule has 8 heteroatoms. The molecule has 0 fully saturated rings. The minimum absolute atomic E-state index is 0.132. The van der Waals surface area contributed by atoms with Crippen LogP contribution in [0.5, 0.6) is 0 Å². The first-order valence-corrected chi connectivity index (χ1v) is 8.66. The fourth-order valence-electron chi connectivity index (χ4n) is 2.55. The molecular formula is C17H14N6OS. The Kier molecular flexibility index (Phi) is 4.02. The van der Waals surface area contributed by atoms with E-state index in [0.29, 0.717) is 22.1 Å². The van der Waals surface area contributed by atoms with Gasteiger partial charge in [-0.05, 0) is 41.1 Å². The predicted molar refractivity (Wildman–Crippen MR) is 95.8 cm³/mol. The summed E-state index contributed by atoms with van der Waals surface area (Å²) in [4.78, 5) is 19.7. The molecule has 2 aromatic carbocycles. The first kappa shape index (κ1) is 15.5. The van der Waals surface area contributed by atoms with Gasteiger partial charge < -0.3 is 4.98 Å². The minimum atomic E-state index is -0.132. The van der Waals surface area contributed by atoms with E-state index in [-0.39, 0.29) is 5.56 Å². The van der Waals surface area contributed by atoms with Crippen molar-refractivity contribution >= 4 is 22.7 Å². The number of aromatic nitrogens is 6. The molecule has 0 aliphatic heterocycles. The van der Waals surface area contributed by atoms with Crippen molar-refractivity contribution in [2.24, 2.45) is 0 Å². The summed E-state index contributed by atoms with van der Waals surface area (Å²) in [5.41, 5.74) is 2.45. The van der Waals surface area contributed by atoms with Crippen molar-refractivity contribution in [2.45, 2.75) is 17.8 Å². The Morgan fingerprint density at radius 2 is 1.96 bits per heavy atom. The molecule has 7 nitrogen and oxygen atoms in total. The van der Waals surface area contributed by atoms with Crippen LogP contribution in [0.1, 0.15) is 11.4 Å². The molecule has 4 aromatic rings. The number of nitrogens with one attached hydrogen (secondary N) is 1. The number of aromatic amines is 1. The van der Waals surface area contributed by atoms with Gasteiger partial charge in [0.25, 0.3) is 5.56 Å². The molecule has 0 spiro atoms. The molecule has 0 atom stereocenters. The summed E-state index contributed by atoms with van der Waals surface area (Å²) >= 11 is 1.42. The average Bonchev–Trinajstić information content (AvgIpc) is 3.10. The van der Waals surface area contributed by atoms with Crippen LogP contribution in [0.4, 0.5) is 0 Å². The summed E-state index contributed by atoms with van der Waals surface area (Å²) in [5.74, 6) is 1.06. The van der Waals surface area contributed by atoms with E-state index in [4.69, 9.17) is 0 Å². The normalized spacial score (nSPS) is 11.1. The number of aryl methyl sites for hydroxylation is 1. The molecule has 0 saturated heterocycles. The summed E-state index contributed by atoms with van der Waals surface area (Å²) in [7, 11) is 0. The summed E-state index contributed by atoms with van der Waals surface area (Å²) in [5, 5.41) is 13.1. The van der Waals surface area contributed by atoms with Crippen molar-refractivity contribution in [1.29, 1.82) is 0 Å². The highest BCUT2D eigenvalue weighted by Gasteiger charge is 2.11. The van der Waals surface area contributed by atoms with Crippen LogP contribution >= 0.6 is 11.8 Å². The number of H-pyrrole nitrogens is 1.